The monoisotopic (exact) mass is 404 g/mol. The zero-order valence-electron chi connectivity index (χ0n) is 14.5. The first kappa shape index (κ1) is 23.8. The van der Waals surface area contributed by atoms with Gasteiger partial charge in [0.25, 0.3) is 5.91 Å². The summed E-state index contributed by atoms with van der Waals surface area (Å²) in [5, 5.41) is 5.47. The van der Waals surface area contributed by atoms with Gasteiger partial charge in [0.2, 0.25) is 0 Å². The van der Waals surface area contributed by atoms with Gasteiger partial charge in [-0.2, -0.15) is 0 Å². The molecule has 1 aromatic carbocycles. The van der Waals surface area contributed by atoms with Gasteiger partial charge in [-0.3, -0.25) is 9.69 Å². The molecule has 140 valence electrons. The summed E-state index contributed by atoms with van der Waals surface area (Å²) in [4.78, 5) is 18.7. The molecule has 0 spiro atoms. The summed E-state index contributed by atoms with van der Waals surface area (Å²) in [5.41, 5.74) is 8.36. The van der Waals surface area contributed by atoms with Crippen molar-refractivity contribution >= 4 is 42.1 Å². The Morgan fingerprint density at radius 3 is 2.40 bits per heavy atom. The van der Waals surface area contributed by atoms with Crippen LogP contribution in [0.1, 0.15) is 40.5 Å². The Kier molecular flexibility index (Phi) is 11.6. The van der Waals surface area contributed by atoms with E-state index in [2.05, 4.69) is 41.2 Å². The first-order valence-corrected chi connectivity index (χ1v) is 8.77. The van der Waals surface area contributed by atoms with Crippen LogP contribution in [0, 0.1) is 0 Å². The van der Waals surface area contributed by atoms with Gasteiger partial charge >= 0.3 is 0 Å². The van der Waals surface area contributed by atoms with E-state index in [1.54, 1.807) is 5.38 Å². The van der Waals surface area contributed by atoms with Crippen molar-refractivity contribution in [2.24, 2.45) is 5.73 Å². The van der Waals surface area contributed by atoms with Gasteiger partial charge in [0.05, 0.1) is 0 Å². The second-order valence-corrected chi connectivity index (χ2v) is 6.19. The molecule has 0 aliphatic rings. The van der Waals surface area contributed by atoms with Gasteiger partial charge in [0.15, 0.2) is 0 Å². The topological polar surface area (TPSA) is 71.2 Å². The van der Waals surface area contributed by atoms with E-state index in [4.69, 9.17) is 5.73 Å². The number of carbonyl (C=O) groups is 1. The summed E-state index contributed by atoms with van der Waals surface area (Å²) in [7, 11) is 0. The second-order valence-electron chi connectivity index (χ2n) is 5.24. The number of carbonyl (C=O) groups excluding carboxylic acids is 1. The average molecular weight is 405 g/mol. The Bertz CT molecular complexity index is 647. The quantitative estimate of drug-likeness (QED) is 0.708. The van der Waals surface area contributed by atoms with Crippen LogP contribution in [0.25, 0.3) is 0 Å². The molecule has 25 heavy (non-hydrogen) atoms. The third-order valence-electron chi connectivity index (χ3n) is 3.81. The van der Waals surface area contributed by atoms with Gasteiger partial charge in [-0.15, -0.1) is 36.2 Å². The fourth-order valence-corrected chi connectivity index (χ4v) is 3.00. The van der Waals surface area contributed by atoms with Crippen molar-refractivity contribution in [3.8, 4) is 0 Å². The normalized spacial score (nSPS) is 10.1. The molecule has 0 fully saturated rings. The van der Waals surface area contributed by atoms with Crippen molar-refractivity contribution in [2.45, 2.75) is 33.5 Å². The summed E-state index contributed by atoms with van der Waals surface area (Å²) < 4.78 is 0. The molecule has 3 N–H and O–H groups in total. The van der Waals surface area contributed by atoms with E-state index in [0.29, 0.717) is 18.8 Å². The average Bonchev–Trinajstić information content (AvgIpc) is 3.07. The van der Waals surface area contributed by atoms with Crippen LogP contribution in [0.2, 0.25) is 0 Å². The van der Waals surface area contributed by atoms with E-state index in [0.717, 1.165) is 30.2 Å². The largest absolute Gasteiger partial charge is 0.347 e. The third kappa shape index (κ3) is 6.92. The van der Waals surface area contributed by atoms with Crippen molar-refractivity contribution in [2.75, 3.05) is 13.1 Å². The van der Waals surface area contributed by atoms with Crippen molar-refractivity contribution in [1.82, 2.24) is 15.2 Å². The van der Waals surface area contributed by atoms with Crippen molar-refractivity contribution in [3.63, 3.8) is 0 Å². The van der Waals surface area contributed by atoms with E-state index in [-0.39, 0.29) is 30.7 Å². The summed E-state index contributed by atoms with van der Waals surface area (Å²) in [6.45, 7) is 8.11. The summed E-state index contributed by atoms with van der Waals surface area (Å²) in [6, 6.07) is 8.22. The molecule has 1 aromatic heterocycles. The van der Waals surface area contributed by atoms with Gasteiger partial charge in [0.1, 0.15) is 10.7 Å². The fraction of sp³-hybridized carbons (Fsp3) is 0.412. The van der Waals surface area contributed by atoms with E-state index in [9.17, 15) is 4.79 Å². The van der Waals surface area contributed by atoms with Gasteiger partial charge in [-0.25, -0.2) is 4.98 Å². The van der Waals surface area contributed by atoms with Crippen LogP contribution in [0.5, 0.6) is 0 Å². The summed E-state index contributed by atoms with van der Waals surface area (Å²) in [6.07, 6.45) is 0. The number of aromatic nitrogens is 1. The van der Waals surface area contributed by atoms with Crippen molar-refractivity contribution in [1.29, 1.82) is 0 Å². The fourth-order valence-electron chi connectivity index (χ4n) is 2.35. The predicted octanol–water partition coefficient (Wildman–Crippen LogP) is 3.22. The second kappa shape index (κ2) is 12.2. The van der Waals surface area contributed by atoms with Crippen LogP contribution < -0.4 is 11.1 Å². The number of halogens is 2. The highest BCUT2D eigenvalue weighted by Crippen LogP contribution is 2.13. The Labute approximate surface area is 165 Å². The number of thiazole rings is 1. The van der Waals surface area contributed by atoms with Crippen molar-refractivity contribution < 1.29 is 4.79 Å². The Morgan fingerprint density at radius 2 is 1.84 bits per heavy atom. The zero-order valence-corrected chi connectivity index (χ0v) is 17.0. The SMILES string of the molecule is CCN(CC)Cc1ccccc1CNC(=O)c1csc(CN)n1.Cl.Cl. The highest BCUT2D eigenvalue weighted by atomic mass is 35.5. The molecule has 2 aromatic rings. The van der Waals surface area contributed by atoms with E-state index in [1.165, 1.54) is 16.9 Å². The first-order chi connectivity index (χ1) is 11.2. The third-order valence-corrected chi connectivity index (χ3v) is 4.68. The lowest BCUT2D eigenvalue weighted by Crippen LogP contribution is -2.26. The molecule has 0 atom stereocenters. The molecule has 8 heteroatoms. The zero-order chi connectivity index (χ0) is 16.7. The molecule has 0 radical (unpaired) electrons. The maximum Gasteiger partial charge on any atom is 0.271 e. The highest BCUT2D eigenvalue weighted by molar-refractivity contribution is 7.09. The minimum atomic E-state index is -0.154. The van der Waals surface area contributed by atoms with Crippen LogP contribution in [-0.2, 0) is 19.6 Å². The number of rotatable bonds is 8. The maximum absolute atomic E-state index is 12.2. The van der Waals surface area contributed by atoms with Gasteiger partial charge in [0, 0.05) is 25.0 Å². The van der Waals surface area contributed by atoms with Crippen LogP contribution in [0.3, 0.4) is 0 Å². The Balaban J connectivity index is 0.00000288. The molecule has 0 saturated heterocycles. The number of nitrogens with one attached hydrogen (secondary N) is 1. The standard InChI is InChI=1S/C17H24N4OS.2ClH/c1-3-21(4-2)11-14-8-6-5-7-13(14)10-19-17(22)15-12-23-16(9-18)20-15;;/h5-8,12H,3-4,9-11,18H2,1-2H3,(H,19,22);2*1H. The number of amides is 1. The highest BCUT2D eigenvalue weighted by Gasteiger charge is 2.11. The predicted molar refractivity (Wildman–Crippen MR) is 109 cm³/mol. The molecule has 2 rings (SSSR count). The summed E-state index contributed by atoms with van der Waals surface area (Å²) in [5.74, 6) is -0.154. The number of hydrogen-bond acceptors (Lipinski definition) is 5. The van der Waals surface area contributed by atoms with E-state index < -0.39 is 0 Å². The van der Waals surface area contributed by atoms with Crippen LogP contribution >= 0.6 is 36.2 Å². The lowest BCUT2D eigenvalue weighted by molar-refractivity contribution is 0.0946. The van der Waals surface area contributed by atoms with Gasteiger partial charge in [-0.1, -0.05) is 38.1 Å². The van der Waals surface area contributed by atoms with Crippen LogP contribution in [-0.4, -0.2) is 28.9 Å². The number of hydrogen-bond donors (Lipinski definition) is 2. The Hall–Kier alpha value is -1.18. The molecule has 0 bridgehead atoms. The maximum atomic E-state index is 12.2. The lowest BCUT2D eigenvalue weighted by Gasteiger charge is -2.20. The molecule has 5 nitrogen and oxygen atoms in total. The van der Waals surface area contributed by atoms with Gasteiger partial charge < -0.3 is 11.1 Å². The van der Waals surface area contributed by atoms with Crippen LogP contribution in [0.15, 0.2) is 29.6 Å². The van der Waals surface area contributed by atoms with Crippen molar-refractivity contribution in [3.05, 3.63) is 51.5 Å². The minimum absolute atomic E-state index is 0. The van der Waals surface area contributed by atoms with E-state index in [1.807, 2.05) is 12.1 Å². The molecular formula is C17H26Cl2N4OS. The van der Waals surface area contributed by atoms with Gasteiger partial charge in [-0.05, 0) is 24.2 Å². The summed E-state index contributed by atoms with van der Waals surface area (Å²) >= 11 is 1.41. The lowest BCUT2D eigenvalue weighted by atomic mass is 10.1. The number of nitrogens with zero attached hydrogens (tertiary/aromatic N) is 2. The molecule has 0 saturated carbocycles. The molecular weight excluding hydrogens is 379 g/mol. The van der Waals surface area contributed by atoms with Crippen LogP contribution in [0.4, 0.5) is 0 Å². The molecule has 1 amide bonds. The molecule has 0 unspecified atom stereocenters. The smallest absolute Gasteiger partial charge is 0.271 e. The molecule has 1 heterocycles. The van der Waals surface area contributed by atoms with E-state index >= 15 is 0 Å². The Morgan fingerprint density at radius 1 is 1.20 bits per heavy atom. The minimum Gasteiger partial charge on any atom is -0.347 e. The first-order valence-electron chi connectivity index (χ1n) is 7.89. The molecule has 0 aliphatic carbocycles. The number of nitrogens with two attached hydrogens (primary N) is 1. The number of benzene rings is 1. The molecule has 0 aliphatic heterocycles.